The van der Waals surface area contributed by atoms with Crippen LogP contribution in [0.25, 0.3) is 33.7 Å². The number of nitrogen functional groups attached to an aromatic ring is 1. The van der Waals surface area contributed by atoms with Gasteiger partial charge in [0.25, 0.3) is 0 Å². The van der Waals surface area contributed by atoms with Crippen molar-refractivity contribution in [2.24, 2.45) is 0 Å². The molecule has 0 bridgehead atoms. The molecule has 0 aliphatic rings. The minimum Gasteiger partial charge on any atom is -0.436 e. The summed E-state index contributed by atoms with van der Waals surface area (Å²) in [7, 11) is 0. The van der Waals surface area contributed by atoms with Crippen LogP contribution < -0.4 is 5.73 Å². The molecular formula is C21H23N5O2. The van der Waals surface area contributed by atoms with Crippen molar-refractivity contribution in [1.82, 2.24) is 19.7 Å². The van der Waals surface area contributed by atoms with E-state index in [-0.39, 0.29) is 5.60 Å². The third-order valence-electron chi connectivity index (χ3n) is 4.26. The summed E-state index contributed by atoms with van der Waals surface area (Å²) in [5, 5.41) is 4.41. The van der Waals surface area contributed by atoms with Gasteiger partial charge in [-0.1, -0.05) is 12.1 Å². The molecule has 7 heteroatoms. The Morgan fingerprint density at radius 3 is 2.75 bits per heavy atom. The van der Waals surface area contributed by atoms with Crippen LogP contribution in [0.4, 0.5) is 5.82 Å². The van der Waals surface area contributed by atoms with E-state index in [4.69, 9.17) is 14.9 Å². The lowest BCUT2D eigenvalue weighted by atomic mass is 10.1. The van der Waals surface area contributed by atoms with E-state index in [1.165, 1.54) is 0 Å². The van der Waals surface area contributed by atoms with Crippen molar-refractivity contribution >= 4 is 16.9 Å². The molecule has 0 amide bonds. The summed E-state index contributed by atoms with van der Waals surface area (Å²) in [6.07, 6.45) is 5.50. The Morgan fingerprint density at radius 2 is 1.96 bits per heavy atom. The maximum absolute atomic E-state index is 6.08. The summed E-state index contributed by atoms with van der Waals surface area (Å²) in [6, 6.07) is 9.54. The third-order valence-corrected chi connectivity index (χ3v) is 4.26. The molecule has 28 heavy (non-hydrogen) atoms. The molecule has 3 heterocycles. The van der Waals surface area contributed by atoms with Gasteiger partial charge in [-0.15, -0.1) is 0 Å². The maximum atomic E-state index is 6.08. The van der Waals surface area contributed by atoms with Crippen LogP contribution in [0.5, 0.6) is 0 Å². The van der Waals surface area contributed by atoms with Crippen molar-refractivity contribution in [3.8, 4) is 22.6 Å². The lowest BCUT2D eigenvalue weighted by Crippen LogP contribution is -2.21. The normalized spacial score (nSPS) is 12.0. The average Bonchev–Trinajstić information content (AvgIpc) is 3.28. The predicted octanol–water partition coefficient (Wildman–Crippen LogP) is 4.15. The zero-order valence-corrected chi connectivity index (χ0v) is 16.2. The zero-order chi connectivity index (χ0) is 19.7. The van der Waals surface area contributed by atoms with Crippen LogP contribution in [0.3, 0.4) is 0 Å². The number of ether oxygens (including phenoxy) is 1. The molecule has 0 saturated carbocycles. The molecule has 4 rings (SSSR count). The van der Waals surface area contributed by atoms with E-state index in [1.54, 1.807) is 12.4 Å². The fourth-order valence-electron chi connectivity index (χ4n) is 2.87. The first-order valence-corrected chi connectivity index (χ1v) is 9.17. The number of oxazole rings is 1. The van der Waals surface area contributed by atoms with Crippen LogP contribution in [0, 0.1) is 0 Å². The second-order valence-electron chi connectivity index (χ2n) is 7.60. The molecule has 0 aliphatic heterocycles. The van der Waals surface area contributed by atoms with Gasteiger partial charge in [-0.05, 0) is 39.0 Å². The summed E-state index contributed by atoms with van der Waals surface area (Å²) in [6.45, 7) is 7.38. The lowest BCUT2D eigenvalue weighted by Gasteiger charge is -2.19. The van der Waals surface area contributed by atoms with Crippen molar-refractivity contribution in [1.29, 1.82) is 0 Å². The van der Waals surface area contributed by atoms with Gasteiger partial charge in [-0.2, -0.15) is 5.10 Å². The molecular weight excluding hydrogens is 354 g/mol. The van der Waals surface area contributed by atoms with Gasteiger partial charge >= 0.3 is 0 Å². The van der Waals surface area contributed by atoms with Crippen LogP contribution in [0.2, 0.25) is 0 Å². The van der Waals surface area contributed by atoms with Crippen LogP contribution in [0.1, 0.15) is 20.8 Å². The molecule has 144 valence electrons. The zero-order valence-electron chi connectivity index (χ0n) is 16.2. The smallest absolute Gasteiger partial charge is 0.231 e. The van der Waals surface area contributed by atoms with Crippen LogP contribution >= 0.6 is 0 Å². The van der Waals surface area contributed by atoms with Crippen molar-refractivity contribution < 1.29 is 9.15 Å². The molecule has 3 aromatic heterocycles. The Hall–Kier alpha value is -3.19. The van der Waals surface area contributed by atoms with E-state index in [0.29, 0.717) is 36.0 Å². The minimum atomic E-state index is -0.161. The summed E-state index contributed by atoms with van der Waals surface area (Å²) in [5.74, 6) is 0.834. The second-order valence-corrected chi connectivity index (χ2v) is 7.60. The van der Waals surface area contributed by atoms with E-state index in [2.05, 4.69) is 15.1 Å². The number of hydrogen-bond donors (Lipinski definition) is 1. The quantitative estimate of drug-likeness (QED) is 0.562. The summed E-state index contributed by atoms with van der Waals surface area (Å²) < 4.78 is 13.5. The standard InChI is InChI=1S/C21H23N5O2/c1-21(2,3)27-9-8-26-13-15(12-24-26)14-10-16(19(22)23-11-14)20-25-17-6-4-5-7-18(17)28-20/h4-7,10-13H,8-9H2,1-3H3,(H2,22,23). The number of nitrogens with two attached hydrogens (primary N) is 1. The molecule has 0 fully saturated rings. The number of hydrogen-bond acceptors (Lipinski definition) is 6. The largest absolute Gasteiger partial charge is 0.436 e. The number of rotatable bonds is 5. The number of pyridine rings is 1. The Bertz CT molecular complexity index is 1070. The molecule has 1 aromatic carbocycles. The van der Waals surface area contributed by atoms with E-state index < -0.39 is 0 Å². The van der Waals surface area contributed by atoms with Gasteiger partial charge in [0.2, 0.25) is 5.89 Å². The molecule has 0 atom stereocenters. The molecule has 0 unspecified atom stereocenters. The maximum Gasteiger partial charge on any atom is 0.231 e. The molecule has 0 aliphatic carbocycles. The molecule has 0 spiro atoms. The van der Waals surface area contributed by atoms with Gasteiger partial charge in [0.15, 0.2) is 5.58 Å². The van der Waals surface area contributed by atoms with Gasteiger partial charge in [0, 0.05) is 23.5 Å². The van der Waals surface area contributed by atoms with Gasteiger partial charge in [0.05, 0.1) is 30.5 Å². The first-order chi connectivity index (χ1) is 13.4. The SMILES string of the molecule is CC(C)(C)OCCn1cc(-c2cnc(N)c(-c3nc4ccccc4o3)c2)cn1. The van der Waals surface area contributed by atoms with Crippen LogP contribution in [0.15, 0.2) is 53.3 Å². The van der Waals surface area contributed by atoms with Crippen molar-refractivity contribution in [2.75, 3.05) is 12.3 Å². The highest BCUT2D eigenvalue weighted by Crippen LogP contribution is 2.31. The second kappa shape index (κ2) is 7.09. The van der Waals surface area contributed by atoms with Gasteiger partial charge in [-0.3, -0.25) is 4.68 Å². The van der Waals surface area contributed by atoms with Crippen LogP contribution in [-0.4, -0.2) is 32.0 Å². The third kappa shape index (κ3) is 3.89. The number of benzene rings is 1. The minimum absolute atomic E-state index is 0.161. The van der Waals surface area contributed by atoms with Gasteiger partial charge in [-0.25, -0.2) is 9.97 Å². The molecule has 2 N–H and O–H groups in total. The van der Waals surface area contributed by atoms with Crippen LogP contribution in [-0.2, 0) is 11.3 Å². The molecule has 0 saturated heterocycles. The number of para-hydroxylation sites is 2. The fraction of sp³-hybridized carbons (Fsp3) is 0.286. The molecule has 7 nitrogen and oxygen atoms in total. The van der Waals surface area contributed by atoms with Gasteiger partial charge in [0.1, 0.15) is 11.3 Å². The highest BCUT2D eigenvalue weighted by molar-refractivity contribution is 5.80. The Balaban J connectivity index is 1.59. The first kappa shape index (κ1) is 18.2. The molecule has 4 aromatic rings. The first-order valence-electron chi connectivity index (χ1n) is 9.17. The predicted molar refractivity (Wildman–Crippen MR) is 109 cm³/mol. The van der Waals surface area contributed by atoms with E-state index >= 15 is 0 Å². The number of anilines is 1. The monoisotopic (exact) mass is 377 g/mol. The molecule has 0 radical (unpaired) electrons. The van der Waals surface area contributed by atoms with E-state index in [0.717, 1.165) is 16.6 Å². The highest BCUT2D eigenvalue weighted by Gasteiger charge is 2.14. The topological polar surface area (TPSA) is 92.0 Å². The van der Waals surface area contributed by atoms with E-state index in [1.807, 2.05) is 62.0 Å². The number of aromatic nitrogens is 4. The average molecular weight is 377 g/mol. The fourth-order valence-corrected chi connectivity index (χ4v) is 2.87. The van der Waals surface area contributed by atoms with E-state index in [9.17, 15) is 0 Å². The number of fused-ring (bicyclic) bond motifs is 1. The lowest BCUT2D eigenvalue weighted by molar-refractivity contribution is -0.00789. The van der Waals surface area contributed by atoms with Gasteiger partial charge < -0.3 is 14.9 Å². The Morgan fingerprint density at radius 1 is 1.14 bits per heavy atom. The Labute approximate surface area is 163 Å². The summed E-state index contributed by atoms with van der Waals surface area (Å²) >= 11 is 0. The highest BCUT2D eigenvalue weighted by atomic mass is 16.5. The summed E-state index contributed by atoms with van der Waals surface area (Å²) in [5.41, 5.74) is 9.93. The van der Waals surface area contributed by atoms with Crippen molar-refractivity contribution in [2.45, 2.75) is 32.9 Å². The number of nitrogens with zero attached hydrogens (tertiary/aromatic N) is 4. The van der Waals surface area contributed by atoms with Crippen molar-refractivity contribution in [3.63, 3.8) is 0 Å². The van der Waals surface area contributed by atoms with Crippen molar-refractivity contribution in [3.05, 3.63) is 48.9 Å². The Kier molecular flexibility index (Phi) is 4.60. The summed E-state index contributed by atoms with van der Waals surface area (Å²) in [4.78, 5) is 8.85.